The summed E-state index contributed by atoms with van der Waals surface area (Å²) < 4.78 is 5.31. The van der Waals surface area contributed by atoms with Crippen molar-refractivity contribution < 1.29 is 9.53 Å². The van der Waals surface area contributed by atoms with Gasteiger partial charge in [0.1, 0.15) is 11.5 Å². The number of anilines is 1. The molecule has 0 bridgehead atoms. The molecule has 0 aliphatic carbocycles. The lowest BCUT2D eigenvalue weighted by molar-refractivity contribution is -0.117. The van der Waals surface area contributed by atoms with Crippen LogP contribution in [0.5, 0.6) is 5.75 Å². The molecule has 0 radical (unpaired) electrons. The van der Waals surface area contributed by atoms with Crippen molar-refractivity contribution in [2.45, 2.75) is 19.4 Å². The number of fused-ring (bicyclic) bond motifs is 1. The summed E-state index contributed by atoms with van der Waals surface area (Å²) in [6, 6.07) is 16.2. The third-order valence-corrected chi connectivity index (χ3v) is 3.94. The van der Waals surface area contributed by atoms with Crippen molar-refractivity contribution in [2.75, 3.05) is 12.0 Å². The summed E-state index contributed by atoms with van der Waals surface area (Å²) in [4.78, 5) is 13.9. The number of nitrogens with zero attached hydrogens (tertiary/aromatic N) is 1. The number of methoxy groups -OCH3 is 1. The van der Waals surface area contributed by atoms with E-state index < -0.39 is 0 Å². The van der Waals surface area contributed by atoms with Crippen LogP contribution in [-0.2, 0) is 4.79 Å². The third kappa shape index (κ3) is 2.75. The van der Waals surface area contributed by atoms with Gasteiger partial charge in [-0.15, -0.1) is 0 Å². The summed E-state index contributed by atoms with van der Waals surface area (Å²) in [6.45, 7) is 1.64. The predicted octanol–water partition coefficient (Wildman–Crippen LogP) is 4.21. The quantitative estimate of drug-likeness (QED) is 0.846. The monoisotopic (exact) mass is 293 g/mol. The second kappa shape index (κ2) is 6.06. The van der Waals surface area contributed by atoms with Crippen LogP contribution in [0.4, 0.5) is 5.69 Å². The molecule has 1 heterocycles. The topological polar surface area (TPSA) is 29.5 Å². The van der Waals surface area contributed by atoms with Gasteiger partial charge in [-0.05, 0) is 36.3 Å². The van der Waals surface area contributed by atoms with Gasteiger partial charge >= 0.3 is 0 Å². The fourth-order valence-electron chi connectivity index (χ4n) is 2.90. The highest BCUT2D eigenvalue weighted by Gasteiger charge is 2.25. The first-order valence-electron chi connectivity index (χ1n) is 7.38. The van der Waals surface area contributed by atoms with Gasteiger partial charge in [-0.1, -0.05) is 30.3 Å². The zero-order chi connectivity index (χ0) is 15.5. The molecule has 3 nitrogen and oxygen atoms in total. The maximum atomic E-state index is 11.7. The van der Waals surface area contributed by atoms with E-state index in [9.17, 15) is 4.79 Å². The molecule has 3 rings (SSSR count). The molecule has 22 heavy (non-hydrogen) atoms. The summed E-state index contributed by atoms with van der Waals surface area (Å²) >= 11 is 0. The van der Waals surface area contributed by atoms with Crippen molar-refractivity contribution in [3.8, 4) is 5.75 Å². The Morgan fingerprint density at radius 1 is 1.18 bits per heavy atom. The van der Waals surface area contributed by atoms with Gasteiger partial charge in [0.2, 0.25) is 0 Å². The molecule has 2 aromatic rings. The van der Waals surface area contributed by atoms with Crippen LogP contribution in [0.3, 0.4) is 0 Å². The summed E-state index contributed by atoms with van der Waals surface area (Å²) in [5, 5.41) is 0. The Morgan fingerprint density at radius 3 is 2.77 bits per heavy atom. The van der Waals surface area contributed by atoms with Crippen LogP contribution in [-0.4, -0.2) is 12.9 Å². The highest BCUT2D eigenvalue weighted by molar-refractivity contribution is 5.79. The molecular weight excluding hydrogens is 274 g/mol. The number of carbonyl (C=O) groups excluding carboxylic acids is 1. The van der Waals surface area contributed by atoms with Gasteiger partial charge in [0.15, 0.2) is 0 Å². The number of hydrogen-bond donors (Lipinski definition) is 0. The first-order valence-corrected chi connectivity index (χ1v) is 7.38. The van der Waals surface area contributed by atoms with Crippen LogP contribution in [0, 0.1) is 0 Å². The molecule has 0 amide bonds. The van der Waals surface area contributed by atoms with Crippen molar-refractivity contribution in [3.05, 3.63) is 65.9 Å². The van der Waals surface area contributed by atoms with E-state index in [1.165, 1.54) is 11.1 Å². The lowest BCUT2D eigenvalue weighted by Crippen LogP contribution is -2.27. The van der Waals surface area contributed by atoms with Gasteiger partial charge in [0.25, 0.3) is 0 Å². The van der Waals surface area contributed by atoms with Gasteiger partial charge < -0.3 is 9.64 Å². The Bertz CT molecular complexity index is 721. The Morgan fingerprint density at radius 2 is 2.00 bits per heavy atom. The second-order valence-corrected chi connectivity index (χ2v) is 5.48. The average molecular weight is 293 g/mol. The average Bonchev–Trinajstić information content (AvgIpc) is 2.55. The smallest absolute Gasteiger partial charge is 0.132 e. The highest BCUT2D eigenvalue weighted by Crippen LogP contribution is 2.37. The molecule has 112 valence electrons. The second-order valence-electron chi connectivity index (χ2n) is 5.48. The maximum absolute atomic E-state index is 11.7. The van der Waals surface area contributed by atoms with Gasteiger partial charge in [0, 0.05) is 24.4 Å². The molecule has 1 unspecified atom stereocenters. The first-order chi connectivity index (χ1) is 10.7. The number of carbonyl (C=O) groups is 1. The molecule has 2 aromatic carbocycles. The van der Waals surface area contributed by atoms with Crippen LogP contribution in [0.1, 0.15) is 30.5 Å². The van der Waals surface area contributed by atoms with Crippen molar-refractivity contribution in [2.24, 2.45) is 0 Å². The minimum atomic E-state index is 0.0193. The first kappa shape index (κ1) is 14.4. The van der Waals surface area contributed by atoms with E-state index in [1.54, 1.807) is 14.0 Å². The summed E-state index contributed by atoms with van der Waals surface area (Å²) in [7, 11) is 1.66. The lowest BCUT2D eigenvalue weighted by Gasteiger charge is -2.34. The normalized spacial score (nSPS) is 16.3. The molecule has 0 N–H and O–H groups in total. The molecule has 0 aromatic heterocycles. The molecule has 0 saturated heterocycles. The van der Waals surface area contributed by atoms with Crippen molar-refractivity contribution in [1.29, 1.82) is 0 Å². The van der Waals surface area contributed by atoms with Gasteiger partial charge in [-0.3, -0.25) is 4.79 Å². The zero-order valence-electron chi connectivity index (χ0n) is 12.8. The Kier molecular flexibility index (Phi) is 3.96. The molecule has 1 aliphatic rings. The lowest BCUT2D eigenvalue weighted by atomic mass is 9.92. The maximum Gasteiger partial charge on any atom is 0.132 e. The molecule has 3 heteroatoms. The number of rotatable bonds is 4. The van der Waals surface area contributed by atoms with E-state index in [-0.39, 0.29) is 11.8 Å². The number of benzene rings is 2. The van der Waals surface area contributed by atoms with Crippen molar-refractivity contribution in [3.63, 3.8) is 0 Å². The molecule has 0 fully saturated rings. The van der Waals surface area contributed by atoms with Crippen molar-refractivity contribution >= 4 is 17.5 Å². The van der Waals surface area contributed by atoms with E-state index in [1.807, 2.05) is 42.6 Å². The van der Waals surface area contributed by atoms with E-state index in [4.69, 9.17) is 4.74 Å². The van der Waals surface area contributed by atoms with E-state index >= 15 is 0 Å². The van der Waals surface area contributed by atoms with Crippen molar-refractivity contribution in [1.82, 2.24) is 0 Å². The van der Waals surface area contributed by atoms with Crippen LogP contribution in [0.15, 0.2) is 54.7 Å². The summed E-state index contributed by atoms with van der Waals surface area (Å²) in [5.41, 5.74) is 3.38. The minimum Gasteiger partial charge on any atom is -0.497 e. The number of hydrogen-bond acceptors (Lipinski definition) is 3. The van der Waals surface area contributed by atoms with E-state index in [0.717, 1.165) is 11.4 Å². The van der Waals surface area contributed by atoms with Gasteiger partial charge in [-0.25, -0.2) is 0 Å². The van der Waals surface area contributed by atoms with Crippen LogP contribution >= 0.6 is 0 Å². The molecule has 0 saturated carbocycles. The van der Waals surface area contributed by atoms with Crippen LogP contribution in [0.2, 0.25) is 0 Å². The fourth-order valence-corrected chi connectivity index (χ4v) is 2.90. The predicted molar refractivity (Wildman–Crippen MR) is 89.0 cm³/mol. The molecule has 1 atom stereocenters. The number of Topliss-reactive ketones (excluding diaryl/α,β-unsaturated/α-hetero) is 1. The third-order valence-electron chi connectivity index (χ3n) is 3.94. The van der Waals surface area contributed by atoms with E-state index in [0.29, 0.717) is 6.42 Å². The molecule has 1 aliphatic heterocycles. The number of ether oxygens (including phenoxy) is 1. The standard InChI is InChI=1S/C19H19NO2/c1-14(21)12-19-18-9-4-3-6-15(18)10-11-20(19)16-7-5-8-17(13-16)22-2/h3-11,13,19H,12H2,1-2H3. The van der Waals surface area contributed by atoms with Crippen LogP contribution < -0.4 is 9.64 Å². The number of ketones is 1. The summed E-state index contributed by atoms with van der Waals surface area (Å²) in [5.74, 6) is 0.995. The Balaban J connectivity index is 2.04. The SMILES string of the molecule is COc1cccc(N2C=Cc3ccccc3C2CC(C)=O)c1. The summed E-state index contributed by atoms with van der Waals surface area (Å²) in [6.07, 6.45) is 4.62. The Hall–Kier alpha value is -2.55. The van der Waals surface area contributed by atoms with Gasteiger partial charge in [0.05, 0.1) is 13.2 Å². The van der Waals surface area contributed by atoms with E-state index in [2.05, 4.69) is 23.1 Å². The molecule has 0 spiro atoms. The highest BCUT2D eigenvalue weighted by atomic mass is 16.5. The van der Waals surface area contributed by atoms with Crippen LogP contribution in [0.25, 0.3) is 6.08 Å². The Labute approximate surface area is 130 Å². The zero-order valence-corrected chi connectivity index (χ0v) is 12.8. The largest absolute Gasteiger partial charge is 0.497 e. The van der Waals surface area contributed by atoms with Gasteiger partial charge in [-0.2, -0.15) is 0 Å². The molecular formula is C19H19NO2. The fraction of sp³-hybridized carbons (Fsp3) is 0.211. The minimum absolute atomic E-state index is 0.0193.